The van der Waals surface area contributed by atoms with Crippen LogP contribution in [0.5, 0.6) is 0 Å². The van der Waals surface area contributed by atoms with Crippen molar-refractivity contribution in [1.82, 2.24) is 0 Å². The second kappa shape index (κ2) is 15.7. The van der Waals surface area contributed by atoms with Crippen molar-refractivity contribution in [2.75, 3.05) is 0 Å². The van der Waals surface area contributed by atoms with Crippen LogP contribution >= 0.6 is 17.0 Å². The van der Waals surface area contributed by atoms with Gasteiger partial charge in [0.05, 0.1) is 0 Å². The summed E-state index contributed by atoms with van der Waals surface area (Å²) in [4.78, 5) is 0. The second-order valence-corrected chi connectivity index (χ2v) is 9.27. The van der Waals surface area contributed by atoms with Gasteiger partial charge in [0.2, 0.25) is 0 Å². The van der Waals surface area contributed by atoms with E-state index in [4.69, 9.17) is 17.0 Å². The Hall–Kier alpha value is 0.163. The third-order valence-corrected chi connectivity index (χ3v) is 3.66. The quantitative estimate of drug-likeness (QED) is 0.423. The minimum atomic E-state index is -0.826. The van der Waals surface area contributed by atoms with Crippen LogP contribution in [0.3, 0.4) is 0 Å². The summed E-state index contributed by atoms with van der Waals surface area (Å²) < 4.78 is 0. The maximum absolute atomic E-state index is 4.93. The molecule has 0 saturated heterocycles. The molecule has 0 aromatic heterocycles. The molecular weight excluding hydrogens is 402 g/mol. The van der Waals surface area contributed by atoms with Gasteiger partial charge in [-0.1, -0.05) is 66.2 Å². The number of hydrogen-bond donors (Lipinski definition) is 0. The summed E-state index contributed by atoms with van der Waals surface area (Å²) in [6, 6.07) is 13.5. The summed E-state index contributed by atoms with van der Waals surface area (Å²) in [5, 5.41) is 0. The van der Waals surface area contributed by atoms with E-state index in [1.54, 1.807) is 0 Å². The Morgan fingerprint density at radius 1 is 0.783 bits per heavy atom. The topological polar surface area (TPSA) is 0 Å². The van der Waals surface area contributed by atoms with Crippen LogP contribution in [0.25, 0.3) is 0 Å². The summed E-state index contributed by atoms with van der Waals surface area (Å²) in [6.07, 6.45) is 7.33. The molecule has 0 aliphatic carbocycles. The Morgan fingerprint density at radius 3 is 1.35 bits per heavy atom. The third-order valence-electron chi connectivity index (χ3n) is 3.66. The molecule has 0 radical (unpaired) electrons. The maximum atomic E-state index is 4.93. The molecule has 2 aromatic carbocycles. The zero-order valence-electron chi connectivity index (χ0n) is 15.0. The summed E-state index contributed by atoms with van der Waals surface area (Å²) in [7, 11) is 9.87. The summed E-state index contributed by atoms with van der Waals surface area (Å²) >= 11 is -0.826. The summed E-state index contributed by atoms with van der Waals surface area (Å²) in [6.45, 7) is 8.84. The predicted molar refractivity (Wildman–Crippen MR) is 103 cm³/mol. The Kier molecular flexibility index (Phi) is 15.8. The fraction of sp³-hybridized carbons (Fsp3) is 0.500. The molecule has 2 aromatic rings. The molecule has 0 atom stereocenters. The van der Waals surface area contributed by atoms with E-state index in [9.17, 15) is 0 Å². The molecule has 0 N–H and O–H groups in total. The summed E-state index contributed by atoms with van der Waals surface area (Å²) in [5.41, 5.74) is 5.95. The van der Waals surface area contributed by atoms with Gasteiger partial charge in [-0.05, 0) is 0 Å². The van der Waals surface area contributed by atoms with Gasteiger partial charge in [0, 0.05) is 0 Å². The van der Waals surface area contributed by atoms with E-state index < -0.39 is 20.8 Å². The van der Waals surface area contributed by atoms with Gasteiger partial charge in [-0.25, -0.2) is 12.1 Å². The van der Waals surface area contributed by atoms with E-state index in [1.807, 2.05) is 0 Å². The molecule has 128 valence electrons. The average molecular weight is 433 g/mol. The summed E-state index contributed by atoms with van der Waals surface area (Å²) in [5.74, 6) is 0. The van der Waals surface area contributed by atoms with Crippen LogP contribution in [0.4, 0.5) is 0 Å². The first-order valence-electron chi connectivity index (χ1n) is 8.60. The molecule has 0 saturated carbocycles. The predicted octanol–water partition coefficient (Wildman–Crippen LogP) is 7.22. The molecule has 0 aliphatic rings. The van der Waals surface area contributed by atoms with Crippen molar-refractivity contribution >= 4 is 17.0 Å². The van der Waals surface area contributed by atoms with Crippen LogP contribution < -0.4 is 0 Å². The van der Waals surface area contributed by atoms with Gasteiger partial charge in [-0.2, -0.15) is 46.5 Å². The van der Waals surface area contributed by atoms with Crippen LogP contribution in [0, 0.1) is 0 Å². The Balaban J connectivity index is 0.000000360. The van der Waals surface area contributed by atoms with Gasteiger partial charge in [0.15, 0.2) is 0 Å². The van der Waals surface area contributed by atoms with Gasteiger partial charge in [-0.3, -0.25) is 0 Å². The number of rotatable bonds is 6. The zero-order valence-corrected chi connectivity index (χ0v) is 18.9. The van der Waals surface area contributed by atoms with Crippen molar-refractivity contribution in [1.29, 1.82) is 0 Å². The molecule has 0 unspecified atom stereocenters. The van der Waals surface area contributed by atoms with Crippen LogP contribution in [-0.2, 0) is 46.5 Å². The van der Waals surface area contributed by atoms with Crippen LogP contribution in [-0.4, -0.2) is 0 Å². The van der Waals surface area contributed by atoms with Crippen LogP contribution in [0.2, 0.25) is 0 Å². The van der Waals surface area contributed by atoms with Gasteiger partial charge in [0.1, 0.15) is 0 Å². The van der Waals surface area contributed by atoms with E-state index in [2.05, 4.69) is 64.1 Å². The van der Waals surface area contributed by atoms with Crippen molar-refractivity contribution in [3.63, 3.8) is 0 Å². The molecule has 23 heavy (non-hydrogen) atoms. The van der Waals surface area contributed by atoms with Crippen molar-refractivity contribution in [3.05, 3.63) is 58.7 Å². The van der Waals surface area contributed by atoms with Crippen molar-refractivity contribution < 1.29 is 20.8 Å². The van der Waals surface area contributed by atoms with Crippen molar-refractivity contribution in [2.45, 2.75) is 66.2 Å². The fourth-order valence-electron chi connectivity index (χ4n) is 2.43. The number of aryl methyl sites for hydroxylation is 4. The van der Waals surface area contributed by atoms with Gasteiger partial charge in [0.25, 0.3) is 0 Å². The van der Waals surface area contributed by atoms with E-state index in [0.29, 0.717) is 0 Å². The standard InChI is InChI=1S/2C10H15.2ClH.Zr/c2*1-3-5-10-7-6-9(4-2)8-10;;;/h2*6-8H,3-5H2,1-2H3;2*1H;/q2*-1;;;+4/p-2. The molecule has 2 rings (SSSR count). The first kappa shape index (κ1) is 23.2. The van der Waals surface area contributed by atoms with E-state index in [1.165, 1.54) is 60.8 Å². The Morgan fingerprint density at radius 2 is 1.13 bits per heavy atom. The SMILES string of the molecule is CCCc1cc[c-](CC)c1.CCCc1cc[c-](CC)c1.[Cl][Zr+2][Cl]. The fourth-order valence-corrected chi connectivity index (χ4v) is 2.43. The molecule has 0 spiro atoms. The second-order valence-electron chi connectivity index (χ2n) is 5.53. The normalized spacial score (nSPS) is 9.30. The zero-order chi connectivity index (χ0) is 17.5. The average Bonchev–Trinajstić information content (AvgIpc) is 3.18. The van der Waals surface area contributed by atoms with E-state index in [0.717, 1.165) is 0 Å². The first-order valence-corrected chi connectivity index (χ1v) is 14.9. The third kappa shape index (κ3) is 11.4. The van der Waals surface area contributed by atoms with E-state index >= 15 is 0 Å². The molecule has 0 aliphatic heterocycles. The van der Waals surface area contributed by atoms with E-state index in [-0.39, 0.29) is 0 Å². The molecular formula is C20H30Cl2Zr. The minimum absolute atomic E-state index is 0.826. The Bertz CT molecular complexity index is 441. The van der Waals surface area contributed by atoms with Crippen LogP contribution in [0.15, 0.2) is 36.4 Å². The number of halogens is 2. The van der Waals surface area contributed by atoms with Crippen molar-refractivity contribution in [2.24, 2.45) is 0 Å². The molecule has 0 bridgehead atoms. The Labute approximate surface area is 162 Å². The number of hydrogen-bond acceptors (Lipinski definition) is 0. The molecule has 0 nitrogen and oxygen atoms in total. The van der Waals surface area contributed by atoms with Crippen LogP contribution in [0.1, 0.15) is 62.8 Å². The van der Waals surface area contributed by atoms with Crippen molar-refractivity contribution in [3.8, 4) is 0 Å². The molecule has 0 amide bonds. The molecule has 0 fully saturated rings. The molecule has 0 heterocycles. The molecule has 3 heteroatoms. The monoisotopic (exact) mass is 430 g/mol. The van der Waals surface area contributed by atoms with Gasteiger partial charge >= 0.3 is 37.9 Å². The van der Waals surface area contributed by atoms with Gasteiger partial charge in [-0.15, -0.1) is 0 Å². The first-order chi connectivity index (χ1) is 11.1. The van der Waals surface area contributed by atoms with Gasteiger partial charge < -0.3 is 0 Å².